The van der Waals surface area contributed by atoms with Gasteiger partial charge in [-0.3, -0.25) is 0 Å². The lowest BCUT2D eigenvalue weighted by atomic mass is 9.90. The summed E-state index contributed by atoms with van der Waals surface area (Å²) in [5.41, 5.74) is 12.2. The van der Waals surface area contributed by atoms with E-state index in [0.29, 0.717) is 5.84 Å². The number of nitrogens with zero attached hydrogens (tertiary/aromatic N) is 3. The molecule has 0 N–H and O–H groups in total. The third-order valence-corrected chi connectivity index (χ3v) is 13.4. The highest BCUT2D eigenvalue weighted by molar-refractivity contribution is 6.26. The summed E-state index contributed by atoms with van der Waals surface area (Å²) < 4.78 is 9.49. The minimum atomic E-state index is 0.100. The first-order valence-electron chi connectivity index (χ1n) is 22.5. The monoisotopic (exact) mass is 831 g/mol. The van der Waals surface area contributed by atoms with E-state index in [1.54, 1.807) is 0 Å². The molecule has 0 saturated heterocycles. The Hall–Kier alpha value is -8.34. The van der Waals surface area contributed by atoms with Crippen molar-refractivity contribution in [3.05, 3.63) is 229 Å². The fourth-order valence-corrected chi connectivity index (χ4v) is 10.2. The Morgan fingerprint density at radius 1 is 0.462 bits per heavy atom. The van der Waals surface area contributed by atoms with Crippen LogP contribution in [0.2, 0.25) is 0 Å². The first-order chi connectivity index (χ1) is 32.1. The van der Waals surface area contributed by atoms with Crippen LogP contribution in [0.25, 0.3) is 98.6 Å². The smallest absolute Gasteiger partial charge is 0.160 e. The molecule has 2 aromatic heterocycles. The number of aromatic nitrogens is 1. The summed E-state index contributed by atoms with van der Waals surface area (Å²) in [6, 6.07) is 73.9. The number of hydrogen-bond donors (Lipinski definition) is 0. The predicted molar refractivity (Wildman–Crippen MR) is 274 cm³/mol. The molecule has 4 nitrogen and oxygen atoms in total. The van der Waals surface area contributed by atoms with Crippen molar-refractivity contribution < 1.29 is 4.42 Å². The molecule has 306 valence electrons. The Morgan fingerprint density at radius 2 is 1.03 bits per heavy atom. The van der Waals surface area contributed by atoms with Crippen molar-refractivity contribution in [3.63, 3.8) is 0 Å². The number of fused-ring (bicyclic) bond motifs is 9. The number of allylic oxidation sites excluding steroid dienone is 1. The van der Waals surface area contributed by atoms with Crippen LogP contribution in [0.1, 0.15) is 30.0 Å². The van der Waals surface area contributed by atoms with E-state index in [1.165, 1.54) is 54.2 Å². The first-order valence-corrected chi connectivity index (χ1v) is 22.5. The number of hydrogen-bond acceptors (Lipinski definition) is 3. The largest absolute Gasteiger partial charge is 0.454 e. The molecule has 0 bridgehead atoms. The summed E-state index contributed by atoms with van der Waals surface area (Å²) >= 11 is 0. The van der Waals surface area contributed by atoms with E-state index in [9.17, 15) is 0 Å². The van der Waals surface area contributed by atoms with E-state index in [2.05, 4.69) is 224 Å². The van der Waals surface area contributed by atoms with Crippen LogP contribution in [-0.4, -0.2) is 16.1 Å². The maximum Gasteiger partial charge on any atom is 0.160 e. The molecule has 0 aliphatic carbocycles. The third-order valence-electron chi connectivity index (χ3n) is 13.4. The highest BCUT2D eigenvalue weighted by atomic mass is 16.3. The van der Waals surface area contributed by atoms with E-state index in [-0.39, 0.29) is 5.92 Å². The van der Waals surface area contributed by atoms with Crippen molar-refractivity contribution in [2.24, 2.45) is 15.9 Å². The molecule has 0 saturated carbocycles. The molecule has 1 unspecified atom stereocenters. The first kappa shape index (κ1) is 37.2. The van der Waals surface area contributed by atoms with Gasteiger partial charge in [-0.05, 0) is 97.9 Å². The van der Waals surface area contributed by atoms with Gasteiger partial charge in [0, 0.05) is 38.6 Å². The molecule has 13 rings (SSSR count). The zero-order valence-corrected chi connectivity index (χ0v) is 35.7. The van der Waals surface area contributed by atoms with Crippen molar-refractivity contribution in [1.82, 2.24) is 4.57 Å². The van der Waals surface area contributed by atoms with E-state index in [0.717, 1.165) is 73.2 Å². The van der Waals surface area contributed by atoms with Crippen LogP contribution in [0, 0.1) is 5.92 Å². The van der Waals surface area contributed by atoms with Crippen molar-refractivity contribution in [2.45, 2.75) is 13.3 Å². The molecule has 65 heavy (non-hydrogen) atoms. The number of aliphatic imine (C=N–C) groups is 2. The molecule has 0 radical (unpaired) electrons. The lowest BCUT2D eigenvalue weighted by Gasteiger charge is -2.20. The topological polar surface area (TPSA) is 42.8 Å². The highest BCUT2D eigenvalue weighted by Gasteiger charge is 2.25. The maximum absolute atomic E-state index is 7.09. The summed E-state index contributed by atoms with van der Waals surface area (Å²) in [5.74, 6) is 0.753. The fourth-order valence-electron chi connectivity index (χ4n) is 10.2. The van der Waals surface area contributed by atoms with Gasteiger partial charge in [-0.25, -0.2) is 9.98 Å². The van der Waals surface area contributed by atoms with E-state index >= 15 is 0 Å². The standard InChI is InChI=1S/C61H41N3O/c1-38-26-32-53(42-29-27-40(28-30-42)39-14-3-2-4-15-39)62-61(63-59(38)48-24-13-21-41-16-9-10-22-47(41)48)50-31-33-54(60-58(50)49-23-11-12-25-57(49)65-60)64-55-36-45-19-7-5-17-43(45)34-51(55)52-35-44-18-6-8-20-46(44)37-56(52)64/h2-25,27-38H,26H2,1H3/b53-32+,62-61?,63-59?. The van der Waals surface area contributed by atoms with Crippen LogP contribution >= 0.6 is 0 Å². The second-order valence-electron chi connectivity index (χ2n) is 17.3. The van der Waals surface area contributed by atoms with Crippen LogP contribution in [0.5, 0.6) is 0 Å². The van der Waals surface area contributed by atoms with Gasteiger partial charge in [0.2, 0.25) is 0 Å². The van der Waals surface area contributed by atoms with Crippen molar-refractivity contribution in [3.8, 4) is 16.8 Å². The van der Waals surface area contributed by atoms with Gasteiger partial charge in [-0.1, -0.05) is 177 Å². The van der Waals surface area contributed by atoms with E-state index < -0.39 is 0 Å². The summed E-state index contributed by atoms with van der Waals surface area (Å²) in [7, 11) is 0. The van der Waals surface area contributed by atoms with Crippen LogP contribution < -0.4 is 0 Å². The Morgan fingerprint density at radius 3 is 1.74 bits per heavy atom. The molecule has 0 spiro atoms. The number of benzene rings is 10. The molecule has 1 aliphatic rings. The van der Waals surface area contributed by atoms with Gasteiger partial charge in [-0.15, -0.1) is 0 Å². The summed E-state index contributed by atoms with van der Waals surface area (Å²) in [6.45, 7) is 2.29. The molecular formula is C61H41N3O. The van der Waals surface area contributed by atoms with E-state index in [1.807, 2.05) is 0 Å². The summed E-state index contributed by atoms with van der Waals surface area (Å²) in [5, 5.41) is 11.6. The fraction of sp³-hybridized carbons (Fsp3) is 0.0492. The minimum Gasteiger partial charge on any atom is -0.454 e. The highest BCUT2D eigenvalue weighted by Crippen LogP contribution is 2.42. The number of para-hydroxylation sites is 1. The van der Waals surface area contributed by atoms with Gasteiger partial charge in [0.15, 0.2) is 11.4 Å². The van der Waals surface area contributed by atoms with Crippen LogP contribution in [-0.2, 0) is 0 Å². The van der Waals surface area contributed by atoms with Crippen LogP contribution in [0.15, 0.2) is 227 Å². The zero-order valence-electron chi connectivity index (χ0n) is 35.7. The van der Waals surface area contributed by atoms with Crippen molar-refractivity contribution in [1.29, 1.82) is 0 Å². The summed E-state index contributed by atoms with van der Waals surface area (Å²) in [4.78, 5) is 11.3. The molecular weight excluding hydrogens is 791 g/mol. The minimum absolute atomic E-state index is 0.100. The average molecular weight is 832 g/mol. The lowest BCUT2D eigenvalue weighted by molar-refractivity contribution is 0.666. The summed E-state index contributed by atoms with van der Waals surface area (Å²) in [6.07, 6.45) is 3.09. The van der Waals surface area contributed by atoms with Gasteiger partial charge in [0.1, 0.15) is 5.58 Å². The average Bonchev–Trinajstić information content (AvgIpc) is 3.89. The Bertz CT molecular complexity index is 3880. The number of amidine groups is 1. The maximum atomic E-state index is 7.09. The molecule has 4 heteroatoms. The quantitative estimate of drug-likeness (QED) is 0.170. The van der Waals surface area contributed by atoms with Crippen LogP contribution in [0.4, 0.5) is 0 Å². The Labute approximate surface area is 375 Å². The van der Waals surface area contributed by atoms with Gasteiger partial charge in [0.25, 0.3) is 0 Å². The normalized spacial score (nSPS) is 15.4. The van der Waals surface area contributed by atoms with Crippen molar-refractivity contribution >= 4 is 93.3 Å². The SMILES string of the molecule is CC1C/C=C(\c2ccc(-c3ccccc3)cc2)N=C(c2ccc(-n3c4cc5ccccc5cc4c4cc5ccccc5cc43)c3oc4ccccc4c23)N=C1c1cccc2ccccc12. The van der Waals surface area contributed by atoms with Crippen molar-refractivity contribution in [2.75, 3.05) is 0 Å². The Kier molecular flexibility index (Phi) is 8.53. The van der Waals surface area contributed by atoms with Gasteiger partial charge >= 0.3 is 0 Å². The predicted octanol–water partition coefficient (Wildman–Crippen LogP) is 16.1. The van der Waals surface area contributed by atoms with Gasteiger partial charge < -0.3 is 8.98 Å². The second-order valence-corrected chi connectivity index (χ2v) is 17.3. The lowest BCUT2D eigenvalue weighted by Crippen LogP contribution is -2.17. The molecule has 0 fully saturated rings. The van der Waals surface area contributed by atoms with E-state index in [4.69, 9.17) is 14.4 Å². The second kappa shape index (κ2) is 14.9. The molecule has 10 aromatic carbocycles. The molecule has 12 aromatic rings. The Balaban J connectivity index is 1.09. The molecule has 1 atom stereocenters. The van der Waals surface area contributed by atoms with Gasteiger partial charge in [0.05, 0.1) is 28.1 Å². The zero-order chi connectivity index (χ0) is 43.0. The third kappa shape index (κ3) is 6.13. The van der Waals surface area contributed by atoms with Gasteiger partial charge in [-0.2, -0.15) is 0 Å². The number of rotatable bonds is 5. The molecule has 0 amide bonds. The number of furan rings is 1. The molecule has 1 aliphatic heterocycles. The van der Waals surface area contributed by atoms with Crippen LogP contribution in [0.3, 0.4) is 0 Å². The molecule has 3 heterocycles.